The molecule has 0 spiro atoms. The minimum absolute atomic E-state index is 0.0709. The molecule has 1 aromatic carbocycles. The Balaban J connectivity index is 2.51. The highest BCUT2D eigenvalue weighted by atomic mass is 16.5. The highest BCUT2D eigenvalue weighted by Crippen LogP contribution is 2.15. The lowest BCUT2D eigenvalue weighted by atomic mass is 10.3. The van der Waals surface area contributed by atoms with Crippen molar-refractivity contribution in [2.45, 2.75) is 0 Å². The number of amides is 1. The Labute approximate surface area is 126 Å². The second kappa shape index (κ2) is 9.55. The Morgan fingerprint density at radius 1 is 1.10 bits per heavy atom. The van der Waals surface area contributed by atoms with E-state index in [9.17, 15) is 4.79 Å². The van der Waals surface area contributed by atoms with Crippen molar-refractivity contribution in [2.75, 3.05) is 31.6 Å². The highest BCUT2D eigenvalue weighted by molar-refractivity contribution is 5.92. The summed E-state index contributed by atoms with van der Waals surface area (Å²) in [6.07, 6.45) is 5.22. The van der Waals surface area contributed by atoms with E-state index < -0.39 is 0 Å². The number of carbonyl (C=O) groups excluding carboxylic acids is 1. The second-order valence-electron chi connectivity index (χ2n) is 4.44. The molecule has 0 aliphatic carbocycles. The van der Waals surface area contributed by atoms with Crippen molar-refractivity contribution in [1.29, 1.82) is 0 Å². The molecule has 4 heteroatoms. The first-order chi connectivity index (χ1) is 10.2. The largest absolute Gasteiger partial charge is 0.490 e. The van der Waals surface area contributed by atoms with E-state index in [1.807, 2.05) is 29.2 Å². The quantitative estimate of drug-likeness (QED) is 0.672. The number of nitrogens with one attached hydrogen (secondary N) is 1. The third kappa shape index (κ3) is 6.58. The van der Waals surface area contributed by atoms with Crippen LogP contribution in [0.15, 0.2) is 62.2 Å². The number of rotatable bonds is 10. The first kappa shape index (κ1) is 16.7. The molecular formula is C17H22N2O2. The van der Waals surface area contributed by atoms with Crippen LogP contribution in [0, 0.1) is 0 Å². The van der Waals surface area contributed by atoms with Gasteiger partial charge in [0.2, 0.25) is 5.91 Å². The summed E-state index contributed by atoms with van der Waals surface area (Å²) in [7, 11) is 0. The summed E-state index contributed by atoms with van der Waals surface area (Å²) in [4.78, 5) is 13.9. The zero-order valence-electron chi connectivity index (χ0n) is 12.3. The molecule has 1 amide bonds. The lowest BCUT2D eigenvalue weighted by molar-refractivity contribution is -0.117. The van der Waals surface area contributed by atoms with Gasteiger partial charge >= 0.3 is 0 Å². The maximum absolute atomic E-state index is 12.0. The highest BCUT2D eigenvalue weighted by Gasteiger charge is 2.08. The van der Waals surface area contributed by atoms with E-state index in [1.54, 1.807) is 18.2 Å². The predicted octanol–water partition coefficient (Wildman–Crippen LogP) is 2.86. The standard InChI is InChI=1S/C17H22N2O2/c1-4-11-19(12-5-2)14-17(20)18-15-7-9-16(10-8-15)21-13-6-3/h4-10H,1-3,11-14H2,(H,18,20). The summed E-state index contributed by atoms with van der Waals surface area (Å²) in [5.41, 5.74) is 0.739. The molecule has 0 aliphatic rings. The van der Waals surface area contributed by atoms with E-state index in [0.29, 0.717) is 26.2 Å². The number of hydrogen-bond donors (Lipinski definition) is 1. The summed E-state index contributed by atoms with van der Waals surface area (Å²) in [5, 5.41) is 2.85. The van der Waals surface area contributed by atoms with Crippen LogP contribution in [0.1, 0.15) is 0 Å². The Kier molecular flexibility index (Phi) is 7.61. The Hall–Kier alpha value is -2.33. The fourth-order valence-corrected chi connectivity index (χ4v) is 1.76. The Bertz CT molecular complexity index is 470. The van der Waals surface area contributed by atoms with Gasteiger partial charge in [0, 0.05) is 18.8 Å². The molecule has 1 N–H and O–H groups in total. The van der Waals surface area contributed by atoms with Crippen LogP contribution in [0.4, 0.5) is 5.69 Å². The van der Waals surface area contributed by atoms with Crippen LogP contribution in [-0.2, 0) is 4.79 Å². The van der Waals surface area contributed by atoms with Gasteiger partial charge in [-0.15, -0.1) is 13.2 Å². The Morgan fingerprint density at radius 2 is 1.71 bits per heavy atom. The van der Waals surface area contributed by atoms with E-state index in [4.69, 9.17) is 4.74 Å². The van der Waals surface area contributed by atoms with Crippen molar-refractivity contribution in [3.05, 3.63) is 62.2 Å². The average Bonchev–Trinajstić information content (AvgIpc) is 2.47. The summed E-state index contributed by atoms with van der Waals surface area (Å²) in [6.45, 7) is 13.0. The number of hydrogen-bond acceptors (Lipinski definition) is 3. The topological polar surface area (TPSA) is 41.6 Å². The van der Waals surface area contributed by atoms with Gasteiger partial charge in [0.15, 0.2) is 0 Å². The van der Waals surface area contributed by atoms with Crippen LogP contribution in [-0.4, -0.2) is 37.0 Å². The van der Waals surface area contributed by atoms with E-state index in [-0.39, 0.29) is 5.91 Å². The first-order valence-electron chi connectivity index (χ1n) is 6.77. The van der Waals surface area contributed by atoms with Crippen LogP contribution >= 0.6 is 0 Å². The second-order valence-corrected chi connectivity index (χ2v) is 4.44. The zero-order valence-corrected chi connectivity index (χ0v) is 12.3. The van der Waals surface area contributed by atoms with E-state index in [0.717, 1.165) is 11.4 Å². The van der Waals surface area contributed by atoms with Crippen molar-refractivity contribution in [3.8, 4) is 5.75 Å². The molecule has 0 unspecified atom stereocenters. The van der Waals surface area contributed by atoms with Crippen molar-refractivity contribution in [3.63, 3.8) is 0 Å². The van der Waals surface area contributed by atoms with Crippen molar-refractivity contribution in [1.82, 2.24) is 4.90 Å². The van der Waals surface area contributed by atoms with Gasteiger partial charge in [-0.05, 0) is 24.3 Å². The van der Waals surface area contributed by atoms with Crippen LogP contribution in [0.25, 0.3) is 0 Å². The molecule has 0 heterocycles. The van der Waals surface area contributed by atoms with E-state index in [1.165, 1.54) is 0 Å². The van der Waals surface area contributed by atoms with Gasteiger partial charge in [-0.3, -0.25) is 9.69 Å². The molecule has 0 aliphatic heterocycles. The average molecular weight is 286 g/mol. The summed E-state index contributed by atoms with van der Waals surface area (Å²) in [6, 6.07) is 7.23. The SMILES string of the molecule is C=CCOc1ccc(NC(=O)CN(CC=C)CC=C)cc1. The van der Waals surface area contributed by atoms with Crippen molar-refractivity contribution in [2.24, 2.45) is 0 Å². The molecule has 0 bridgehead atoms. The number of ether oxygens (including phenoxy) is 1. The van der Waals surface area contributed by atoms with Crippen LogP contribution < -0.4 is 10.1 Å². The summed E-state index contributed by atoms with van der Waals surface area (Å²) in [5.74, 6) is 0.673. The van der Waals surface area contributed by atoms with Crippen LogP contribution in [0.5, 0.6) is 5.75 Å². The minimum atomic E-state index is -0.0709. The molecule has 0 fully saturated rings. The lowest BCUT2D eigenvalue weighted by Gasteiger charge is -2.18. The smallest absolute Gasteiger partial charge is 0.238 e. The molecule has 0 radical (unpaired) electrons. The molecule has 0 saturated carbocycles. The predicted molar refractivity (Wildman–Crippen MR) is 87.6 cm³/mol. The Morgan fingerprint density at radius 3 is 2.24 bits per heavy atom. The molecule has 112 valence electrons. The molecule has 0 saturated heterocycles. The van der Waals surface area contributed by atoms with E-state index >= 15 is 0 Å². The van der Waals surface area contributed by atoms with E-state index in [2.05, 4.69) is 25.1 Å². The third-order valence-corrected chi connectivity index (χ3v) is 2.65. The van der Waals surface area contributed by atoms with Crippen molar-refractivity contribution < 1.29 is 9.53 Å². The molecule has 1 aromatic rings. The number of carbonyl (C=O) groups is 1. The number of anilines is 1. The monoisotopic (exact) mass is 286 g/mol. The fraction of sp³-hybridized carbons (Fsp3) is 0.235. The number of nitrogens with zero attached hydrogens (tertiary/aromatic N) is 1. The summed E-state index contributed by atoms with van der Waals surface area (Å²) >= 11 is 0. The molecular weight excluding hydrogens is 264 g/mol. The lowest BCUT2D eigenvalue weighted by Crippen LogP contribution is -2.33. The van der Waals surface area contributed by atoms with Crippen molar-refractivity contribution >= 4 is 11.6 Å². The normalized spacial score (nSPS) is 9.95. The molecule has 4 nitrogen and oxygen atoms in total. The molecule has 1 rings (SSSR count). The van der Waals surface area contributed by atoms with Gasteiger partial charge in [0.1, 0.15) is 12.4 Å². The third-order valence-electron chi connectivity index (χ3n) is 2.65. The van der Waals surface area contributed by atoms with Gasteiger partial charge in [0.25, 0.3) is 0 Å². The maximum Gasteiger partial charge on any atom is 0.238 e. The van der Waals surface area contributed by atoms with Crippen LogP contribution in [0.2, 0.25) is 0 Å². The summed E-state index contributed by atoms with van der Waals surface area (Å²) < 4.78 is 5.38. The molecule has 21 heavy (non-hydrogen) atoms. The fourth-order valence-electron chi connectivity index (χ4n) is 1.76. The number of benzene rings is 1. The van der Waals surface area contributed by atoms with Gasteiger partial charge < -0.3 is 10.1 Å². The molecule has 0 aromatic heterocycles. The minimum Gasteiger partial charge on any atom is -0.490 e. The van der Waals surface area contributed by atoms with Gasteiger partial charge in [-0.1, -0.05) is 24.8 Å². The maximum atomic E-state index is 12.0. The van der Waals surface area contributed by atoms with Crippen LogP contribution in [0.3, 0.4) is 0 Å². The van der Waals surface area contributed by atoms with Gasteiger partial charge in [0.05, 0.1) is 6.54 Å². The van der Waals surface area contributed by atoms with Gasteiger partial charge in [-0.25, -0.2) is 0 Å². The van der Waals surface area contributed by atoms with Gasteiger partial charge in [-0.2, -0.15) is 0 Å². The first-order valence-corrected chi connectivity index (χ1v) is 6.77. The molecule has 0 atom stereocenters. The zero-order chi connectivity index (χ0) is 15.5.